The largest absolute Gasteiger partial charge is 0.374 e. The van der Waals surface area contributed by atoms with Crippen LogP contribution in [0, 0.1) is 0 Å². The molecule has 0 aromatic rings. The molecule has 0 aromatic heterocycles. The van der Waals surface area contributed by atoms with Gasteiger partial charge in [-0.2, -0.15) is 0 Å². The number of ketones is 1. The van der Waals surface area contributed by atoms with E-state index in [0.717, 1.165) is 32.1 Å². The number of carbonyl (C=O) groups excluding carboxylic acids is 1. The van der Waals surface area contributed by atoms with Crippen molar-refractivity contribution in [3.63, 3.8) is 0 Å². The van der Waals surface area contributed by atoms with Gasteiger partial charge in [0, 0.05) is 6.61 Å². The molecule has 0 saturated heterocycles. The Balaban J connectivity index is 2.52. The Morgan fingerprint density at radius 2 is 1.93 bits per heavy atom. The molecule has 3 heteroatoms. The first-order chi connectivity index (χ1) is 7.13. The molecule has 0 atom stereocenters. The van der Waals surface area contributed by atoms with E-state index in [9.17, 15) is 4.79 Å². The van der Waals surface area contributed by atoms with Crippen molar-refractivity contribution < 1.29 is 9.53 Å². The molecule has 0 radical (unpaired) electrons. The zero-order valence-electron chi connectivity index (χ0n) is 10.2. The number of likely N-dealkylation sites (N-methyl/N-ethyl adjacent to an activating group) is 1. The second kappa shape index (κ2) is 5.61. The first-order valence-electron chi connectivity index (χ1n) is 5.92. The number of hydrogen-bond donors (Lipinski definition) is 0. The van der Waals surface area contributed by atoms with Gasteiger partial charge in [0.05, 0.1) is 5.54 Å². The fourth-order valence-corrected chi connectivity index (χ4v) is 2.38. The van der Waals surface area contributed by atoms with E-state index in [1.165, 1.54) is 0 Å². The van der Waals surface area contributed by atoms with Gasteiger partial charge in [-0.25, -0.2) is 0 Å². The summed E-state index contributed by atoms with van der Waals surface area (Å²) in [6, 6.07) is 0. The van der Waals surface area contributed by atoms with Gasteiger partial charge in [-0.3, -0.25) is 9.69 Å². The summed E-state index contributed by atoms with van der Waals surface area (Å²) in [6.07, 6.45) is 5.29. The molecule has 1 fully saturated rings. The van der Waals surface area contributed by atoms with E-state index in [1.807, 2.05) is 14.1 Å². The van der Waals surface area contributed by atoms with E-state index in [1.54, 1.807) is 0 Å². The van der Waals surface area contributed by atoms with Crippen molar-refractivity contribution in [1.29, 1.82) is 0 Å². The lowest BCUT2D eigenvalue weighted by Crippen LogP contribution is -2.50. The number of hydrogen-bond acceptors (Lipinski definition) is 3. The van der Waals surface area contributed by atoms with Crippen LogP contribution in [0.5, 0.6) is 0 Å². The minimum Gasteiger partial charge on any atom is -0.374 e. The van der Waals surface area contributed by atoms with Crippen LogP contribution in [0.4, 0.5) is 0 Å². The van der Waals surface area contributed by atoms with Crippen LogP contribution in [0.15, 0.2) is 0 Å². The number of rotatable bonds is 6. The van der Waals surface area contributed by atoms with Crippen molar-refractivity contribution >= 4 is 5.78 Å². The van der Waals surface area contributed by atoms with E-state index in [0.29, 0.717) is 6.61 Å². The molecule has 3 nitrogen and oxygen atoms in total. The molecule has 0 N–H and O–H groups in total. The maximum Gasteiger partial charge on any atom is 0.178 e. The number of nitrogens with zero attached hydrogens (tertiary/aromatic N) is 1. The summed E-state index contributed by atoms with van der Waals surface area (Å²) >= 11 is 0. The van der Waals surface area contributed by atoms with Crippen LogP contribution in [-0.4, -0.2) is 43.5 Å². The van der Waals surface area contributed by atoms with Crippen molar-refractivity contribution in [2.24, 2.45) is 0 Å². The summed E-state index contributed by atoms with van der Waals surface area (Å²) in [5, 5.41) is 0. The number of Topliss-reactive ketones (excluding diaryl/α,β-unsaturated/α-hetero) is 1. The van der Waals surface area contributed by atoms with Gasteiger partial charge in [-0.05, 0) is 33.4 Å². The molecule has 0 aliphatic heterocycles. The summed E-state index contributed by atoms with van der Waals surface area (Å²) in [4.78, 5) is 14.2. The normalized spacial score (nSPS) is 19.7. The van der Waals surface area contributed by atoms with Crippen LogP contribution >= 0.6 is 0 Å². The molecule has 1 saturated carbocycles. The Hall–Kier alpha value is -0.410. The van der Waals surface area contributed by atoms with Crippen molar-refractivity contribution in [2.45, 2.75) is 44.6 Å². The molecule has 1 rings (SSSR count). The third-order valence-electron chi connectivity index (χ3n) is 3.39. The molecule has 0 bridgehead atoms. The Bertz CT molecular complexity index is 208. The molecule has 0 spiro atoms. The van der Waals surface area contributed by atoms with Gasteiger partial charge >= 0.3 is 0 Å². The van der Waals surface area contributed by atoms with Crippen LogP contribution in [0.3, 0.4) is 0 Å². The summed E-state index contributed by atoms with van der Waals surface area (Å²) in [7, 11) is 4.01. The zero-order valence-corrected chi connectivity index (χ0v) is 10.2. The lowest BCUT2D eigenvalue weighted by molar-refractivity contribution is -0.134. The van der Waals surface area contributed by atoms with Crippen molar-refractivity contribution in [3.8, 4) is 0 Å². The van der Waals surface area contributed by atoms with Crippen LogP contribution < -0.4 is 0 Å². The summed E-state index contributed by atoms with van der Waals surface area (Å²) in [5.41, 5.74) is -0.228. The molecule has 0 heterocycles. The van der Waals surface area contributed by atoms with E-state index in [2.05, 4.69) is 11.8 Å². The molecule has 15 heavy (non-hydrogen) atoms. The molecule has 0 aromatic carbocycles. The van der Waals surface area contributed by atoms with Gasteiger partial charge in [0.1, 0.15) is 6.61 Å². The monoisotopic (exact) mass is 213 g/mol. The predicted molar refractivity (Wildman–Crippen MR) is 61.0 cm³/mol. The average Bonchev–Trinajstić information content (AvgIpc) is 2.67. The Morgan fingerprint density at radius 3 is 2.40 bits per heavy atom. The van der Waals surface area contributed by atoms with Crippen LogP contribution in [0.25, 0.3) is 0 Å². The van der Waals surface area contributed by atoms with E-state index in [4.69, 9.17) is 4.74 Å². The van der Waals surface area contributed by atoms with Crippen molar-refractivity contribution in [1.82, 2.24) is 4.90 Å². The second-order valence-corrected chi connectivity index (χ2v) is 4.61. The second-order valence-electron chi connectivity index (χ2n) is 4.61. The maximum atomic E-state index is 12.1. The summed E-state index contributed by atoms with van der Waals surface area (Å²) in [6.45, 7) is 3.03. The molecule has 0 amide bonds. The minimum absolute atomic E-state index is 0.228. The molecule has 88 valence electrons. The molecule has 0 unspecified atom stereocenters. The SMILES string of the molecule is CCCOCC(=O)C1(N(C)C)CCCC1. The first-order valence-corrected chi connectivity index (χ1v) is 5.92. The molecule has 1 aliphatic carbocycles. The predicted octanol–water partition coefficient (Wildman–Crippen LogP) is 1.86. The highest BCUT2D eigenvalue weighted by Crippen LogP contribution is 2.34. The van der Waals surface area contributed by atoms with Crippen molar-refractivity contribution in [3.05, 3.63) is 0 Å². The standard InChI is InChI=1S/C12H23NO2/c1-4-9-15-10-11(14)12(13(2)3)7-5-6-8-12/h4-10H2,1-3H3. The van der Waals surface area contributed by atoms with Gasteiger partial charge in [0.25, 0.3) is 0 Å². The highest BCUT2D eigenvalue weighted by atomic mass is 16.5. The van der Waals surface area contributed by atoms with Gasteiger partial charge in [-0.1, -0.05) is 19.8 Å². The Morgan fingerprint density at radius 1 is 1.33 bits per heavy atom. The fourth-order valence-electron chi connectivity index (χ4n) is 2.38. The lowest BCUT2D eigenvalue weighted by atomic mass is 9.91. The third-order valence-corrected chi connectivity index (χ3v) is 3.39. The van der Waals surface area contributed by atoms with E-state index in [-0.39, 0.29) is 17.9 Å². The Kier molecular flexibility index (Phi) is 4.74. The first kappa shape index (κ1) is 12.7. The maximum absolute atomic E-state index is 12.1. The van der Waals surface area contributed by atoms with Gasteiger partial charge in [0.2, 0.25) is 0 Å². The highest BCUT2D eigenvalue weighted by Gasteiger charge is 2.42. The van der Waals surface area contributed by atoms with E-state index < -0.39 is 0 Å². The smallest absolute Gasteiger partial charge is 0.178 e. The Labute approximate surface area is 92.8 Å². The minimum atomic E-state index is -0.228. The molecular weight excluding hydrogens is 190 g/mol. The number of carbonyl (C=O) groups is 1. The van der Waals surface area contributed by atoms with Crippen LogP contribution in [0.1, 0.15) is 39.0 Å². The molecular formula is C12H23NO2. The van der Waals surface area contributed by atoms with Crippen LogP contribution in [0.2, 0.25) is 0 Å². The molecule has 1 aliphatic rings. The highest BCUT2D eigenvalue weighted by molar-refractivity contribution is 5.89. The summed E-state index contributed by atoms with van der Waals surface area (Å²) in [5.74, 6) is 0.262. The summed E-state index contributed by atoms with van der Waals surface area (Å²) < 4.78 is 5.36. The van der Waals surface area contributed by atoms with Crippen molar-refractivity contribution in [2.75, 3.05) is 27.3 Å². The quantitative estimate of drug-likeness (QED) is 0.631. The van der Waals surface area contributed by atoms with Gasteiger partial charge in [-0.15, -0.1) is 0 Å². The third kappa shape index (κ3) is 2.79. The fraction of sp³-hybridized carbons (Fsp3) is 0.917. The van der Waals surface area contributed by atoms with Gasteiger partial charge in [0.15, 0.2) is 5.78 Å². The number of ether oxygens (including phenoxy) is 1. The average molecular weight is 213 g/mol. The lowest BCUT2D eigenvalue weighted by Gasteiger charge is -2.34. The van der Waals surface area contributed by atoms with Crippen LogP contribution in [-0.2, 0) is 9.53 Å². The van der Waals surface area contributed by atoms with Gasteiger partial charge < -0.3 is 4.74 Å². The topological polar surface area (TPSA) is 29.5 Å². The van der Waals surface area contributed by atoms with E-state index >= 15 is 0 Å². The zero-order chi connectivity index (χ0) is 11.3.